The standard InChI is InChI=1S/C20H23N3O2S/c1-13(2)22-20(25)23-16-9-7-14(8-10-16)12-21-19(24)18-11-15-5-3-4-6-17(15)26-18/h3-10,13,18H,11-12H2,1-2H3,(H,21,24)(H2,22,23,25). The predicted octanol–water partition coefficient (Wildman–Crippen LogP) is 3.55. The molecule has 6 heteroatoms. The Kier molecular flexibility index (Phi) is 5.83. The molecule has 0 fully saturated rings. The molecule has 0 bridgehead atoms. The van der Waals surface area contributed by atoms with E-state index < -0.39 is 0 Å². The van der Waals surface area contributed by atoms with Gasteiger partial charge >= 0.3 is 6.03 Å². The minimum absolute atomic E-state index is 0.0599. The van der Waals surface area contributed by atoms with E-state index in [1.165, 1.54) is 10.5 Å². The molecular formula is C20H23N3O2S. The number of carbonyl (C=O) groups excluding carboxylic acids is 2. The lowest BCUT2D eigenvalue weighted by Crippen LogP contribution is -2.34. The molecule has 0 spiro atoms. The van der Waals surface area contributed by atoms with E-state index in [2.05, 4.69) is 28.1 Å². The van der Waals surface area contributed by atoms with Crippen molar-refractivity contribution >= 4 is 29.4 Å². The Bertz CT molecular complexity index is 765. The van der Waals surface area contributed by atoms with Crippen LogP contribution in [0.2, 0.25) is 0 Å². The van der Waals surface area contributed by atoms with Crippen molar-refractivity contribution < 1.29 is 9.59 Å². The Labute approximate surface area is 157 Å². The average Bonchev–Trinajstić information content (AvgIpc) is 3.04. The summed E-state index contributed by atoms with van der Waals surface area (Å²) in [5, 5.41) is 8.50. The summed E-state index contributed by atoms with van der Waals surface area (Å²) in [6, 6.07) is 15.5. The summed E-state index contributed by atoms with van der Waals surface area (Å²) in [5.41, 5.74) is 2.96. The fraction of sp³-hybridized carbons (Fsp3) is 0.300. The molecule has 0 saturated carbocycles. The number of anilines is 1. The lowest BCUT2D eigenvalue weighted by Gasteiger charge is -2.12. The van der Waals surface area contributed by atoms with Crippen molar-refractivity contribution in [3.63, 3.8) is 0 Å². The van der Waals surface area contributed by atoms with Crippen LogP contribution in [-0.4, -0.2) is 23.2 Å². The number of fused-ring (bicyclic) bond motifs is 1. The van der Waals surface area contributed by atoms with Crippen LogP contribution in [0.4, 0.5) is 10.5 Å². The summed E-state index contributed by atoms with van der Waals surface area (Å²) in [6.07, 6.45) is 0.778. The van der Waals surface area contributed by atoms with Crippen molar-refractivity contribution in [3.8, 4) is 0 Å². The highest BCUT2D eigenvalue weighted by molar-refractivity contribution is 8.01. The summed E-state index contributed by atoms with van der Waals surface area (Å²) in [6.45, 7) is 4.30. The zero-order valence-electron chi connectivity index (χ0n) is 14.9. The van der Waals surface area contributed by atoms with Gasteiger partial charge in [-0.15, -0.1) is 11.8 Å². The van der Waals surface area contributed by atoms with E-state index in [4.69, 9.17) is 0 Å². The SMILES string of the molecule is CC(C)NC(=O)Nc1ccc(CNC(=O)C2Cc3ccccc3S2)cc1. The first-order valence-corrected chi connectivity index (χ1v) is 9.58. The quantitative estimate of drug-likeness (QED) is 0.755. The van der Waals surface area contributed by atoms with Gasteiger partial charge in [-0.3, -0.25) is 4.79 Å². The van der Waals surface area contributed by atoms with Crippen LogP contribution >= 0.6 is 11.8 Å². The summed E-state index contributed by atoms with van der Waals surface area (Å²) < 4.78 is 0. The third kappa shape index (κ3) is 4.79. The molecule has 2 aromatic carbocycles. The summed E-state index contributed by atoms with van der Waals surface area (Å²) in [7, 11) is 0. The maximum Gasteiger partial charge on any atom is 0.319 e. The number of nitrogens with one attached hydrogen (secondary N) is 3. The Balaban J connectivity index is 1.48. The van der Waals surface area contributed by atoms with Crippen LogP contribution < -0.4 is 16.0 Å². The van der Waals surface area contributed by atoms with Gasteiger partial charge in [0.05, 0.1) is 5.25 Å². The van der Waals surface area contributed by atoms with Crippen LogP contribution in [0.15, 0.2) is 53.4 Å². The molecule has 1 heterocycles. The van der Waals surface area contributed by atoms with Gasteiger partial charge in [0.15, 0.2) is 0 Å². The molecule has 3 rings (SSSR count). The number of hydrogen-bond acceptors (Lipinski definition) is 3. The van der Waals surface area contributed by atoms with Crippen molar-refractivity contribution in [1.82, 2.24) is 10.6 Å². The summed E-state index contributed by atoms with van der Waals surface area (Å²) >= 11 is 1.63. The van der Waals surface area contributed by atoms with Crippen molar-refractivity contribution in [2.24, 2.45) is 0 Å². The minimum Gasteiger partial charge on any atom is -0.351 e. The van der Waals surface area contributed by atoms with E-state index in [1.807, 2.05) is 50.2 Å². The molecule has 0 aromatic heterocycles. The molecule has 1 atom stereocenters. The van der Waals surface area contributed by atoms with Gasteiger partial charge < -0.3 is 16.0 Å². The van der Waals surface area contributed by atoms with E-state index >= 15 is 0 Å². The van der Waals surface area contributed by atoms with E-state index in [-0.39, 0.29) is 23.2 Å². The normalized spacial score (nSPS) is 15.4. The molecule has 2 aromatic rings. The summed E-state index contributed by atoms with van der Waals surface area (Å²) in [5.74, 6) is 0.0599. The molecule has 5 nitrogen and oxygen atoms in total. The first-order valence-electron chi connectivity index (χ1n) is 8.70. The average molecular weight is 369 g/mol. The van der Waals surface area contributed by atoms with Crippen LogP contribution in [0.25, 0.3) is 0 Å². The third-order valence-corrected chi connectivity index (χ3v) is 5.36. The van der Waals surface area contributed by atoms with E-state index in [0.29, 0.717) is 6.54 Å². The smallest absolute Gasteiger partial charge is 0.319 e. The highest BCUT2D eigenvalue weighted by Gasteiger charge is 2.27. The molecule has 3 amide bonds. The fourth-order valence-corrected chi connectivity index (χ4v) is 3.99. The number of thioether (sulfide) groups is 1. The minimum atomic E-state index is -0.223. The van der Waals surface area contributed by atoms with E-state index in [0.717, 1.165) is 17.7 Å². The van der Waals surface area contributed by atoms with Gasteiger partial charge in [0.2, 0.25) is 5.91 Å². The van der Waals surface area contributed by atoms with Crippen molar-refractivity contribution in [2.45, 2.75) is 43.0 Å². The van der Waals surface area contributed by atoms with Gasteiger partial charge in [0, 0.05) is 23.2 Å². The van der Waals surface area contributed by atoms with Gasteiger partial charge in [-0.1, -0.05) is 30.3 Å². The van der Waals surface area contributed by atoms with E-state index in [9.17, 15) is 9.59 Å². The molecule has 3 N–H and O–H groups in total. The number of carbonyl (C=O) groups is 2. The molecule has 0 radical (unpaired) electrons. The van der Waals surface area contributed by atoms with E-state index in [1.54, 1.807) is 11.8 Å². The Hall–Kier alpha value is -2.47. The Morgan fingerprint density at radius 1 is 1.12 bits per heavy atom. The van der Waals surface area contributed by atoms with Crippen LogP contribution in [0.5, 0.6) is 0 Å². The van der Waals surface area contributed by atoms with Gasteiger partial charge in [0.1, 0.15) is 0 Å². The second-order valence-corrected chi connectivity index (χ2v) is 7.83. The molecule has 1 unspecified atom stereocenters. The predicted molar refractivity (Wildman–Crippen MR) is 105 cm³/mol. The molecule has 136 valence electrons. The molecule has 0 saturated heterocycles. The van der Waals surface area contributed by atoms with Crippen LogP contribution in [-0.2, 0) is 17.8 Å². The molecular weight excluding hydrogens is 346 g/mol. The van der Waals surface area contributed by atoms with Crippen molar-refractivity contribution in [1.29, 1.82) is 0 Å². The molecule has 1 aliphatic heterocycles. The van der Waals surface area contributed by atoms with Crippen molar-refractivity contribution in [2.75, 3.05) is 5.32 Å². The second kappa shape index (κ2) is 8.27. The highest BCUT2D eigenvalue weighted by Crippen LogP contribution is 2.36. The topological polar surface area (TPSA) is 70.2 Å². The largest absolute Gasteiger partial charge is 0.351 e. The number of amides is 3. The molecule has 26 heavy (non-hydrogen) atoms. The first kappa shape index (κ1) is 18.3. The Morgan fingerprint density at radius 3 is 2.54 bits per heavy atom. The van der Waals surface area contributed by atoms with Gasteiger partial charge in [-0.2, -0.15) is 0 Å². The zero-order valence-corrected chi connectivity index (χ0v) is 15.7. The monoisotopic (exact) mass is 369 g/mol. The maximum absolute atomic E-state index is 12.4. The van der Waals surface area contributed by atoms with Crippen LogP contribution in [0, 0.1) is 0 Å². The second-order valence-electron chi connectivity index (χ2n) is 6.59. The van der Waals surface area contributed by atoms with Crippen molar-refractivity contribution in [3.05, 3.63) is 59.7 Å². The fourth-order valence-electron chi connectivity index (χ4n) is 2.77. The first-order chi connectivity index (χ1) is 12.5. The lowest BCUT2D eigenvalue weighted by atomic mass is 10.1. The summed E-state index contributed by atoms with van der Waals surface area (Å²) in [4.78, 5) is 25.3. The van der Waals surface area contributed by atoms with Gasteiger partial charge in [-0.05, 0) is 49.6 Å². The van der Waals surface area contributed by atoms with Gasteiger partial charge in [0.25, 0.3) is 0 Å². The van der Waals surface area contributed by atoms with Gasteiger partial charge in [-0.25, -0.2) is 4.79 Å². The zero-order chi connectivity index (χ0) is 18.5. The highest BCUT2D eigenvalue weighted by atomic mass is 32.2. The number of rotatable bonds is 5. The molecule has 1 aliphatic rings. The lowest BCUT2D eigenvalue weighted by molar-refractivity contribution is -0.120. The molecule has 0 aliphatic carbocycles. The third-order valence-electron chi connectivity index (χ3n) is 4.04. The maximum atomic E-state index is 12.4. The number of urea groups is 1. The number of benzene rings is 2. The number of hydrogen-bond donors (Lipinski definition) is 3. The Morgan fingerprint density at radius 2 is 1.85 bits per heavy atom. The van der Waals surface area contributed by atoms with Crippen LogP contribution in [0.1, 0.15) is 25.0 Å². The van der Waals surface area contributed by atoms with Crippen LogP contribution in [0.3, 0.4) is 0 Å².